The smallest absolute Gasteiger partial charge is 0.264 e. The van der Waals surface area contributed by atoms with Crippen LogP contribution in [0, 0.1) is 26.6 Å². The minimum Gasteiger partial charge on any atom is -0.269 e. The lowest BCUT2D eigenvalue weighted by molar-refractivity contribution is 0.591. The van der Waals surface area contributed by atoms with E-state index in [0.717, 1.165) is 5.56 Å². The predicted octanol–water partition coefficient (Wildman–Crippen LogP) is 3.58. The molecule has 0 heterocycles. The first kappa shape index (κ1) is 15.5. The first-order valence-electron chi connectivity index (χ1n) is 6.56. The van der Waals surface area contributed by atoms with Crippen molar-refractivity contribution in [2.24, 2.45) is 0 Å². The van der Waals surface area contributed by atoms with Crippen molar-refractivity contribution in [2.45, 2.75) is 25.7 Å². The largest absolute Gasteiger partial charge is 0.269 e. The number of nitrogens with zero attached hydrogens (tertiary/aromatic N) is 1. The highest BCUT2D eigenvalue weighted by Crippen LogP contribution is 2.27. The molecular formula is C16H18FNO2S. The minimum absolute atomic E-state index is 0.159. The molecular weight excluding hydrogens is 289 g/mol. The molecule has 3 nitrogen and oxygen atoms in total. The first-order valence-corrected chi connectivity index (χ1v) is 8.00. The summed E-state index contributed by atoms with van der Waals surface area (Å²) < 4.78 is 40.1. The fourth-order valence-electron chi connectivity index (χ4n) is 2.33. The lowest BCUT2D eigenvalue weighted by Gasteiger charge is -2.22. The van der Waals surface area contributed by atoms with Crippen LogP contribution >= 0.6 is 0 Å². The van der Waals surface area contributed by atoms with Gasteiger partial charge < -0.3 is 0 Å². The number of halogens is 1. The van der Waals surface area contributed by atoms with Gasteiger partial charge in [0.2, 0.25) is 0 Å². The molecule has 0 saturated heterocycles. The Bertz CT molecular complexity index is 744. The lowest BCUT2D eigenvalue weighted by atomic mass is 10.1. The van der Waals surface area contributed by atoms with Gasteiger partial charge in [-0.3, -0.25) is 4.31 Å². The molecule has 0 unspecified atom stereocenters. The zero-order valence-electron chi connectivity index (χ0n) is 12.5. The molecule has 0 aliphatic carbocycles. The molecule has 0 aromatic heterocycles. The summed E-state index contributed by atoms with van der Waals surface area (Å²) in [5.74, 6) is -0.429. The molecule has 2 aromatic carbocycles. The summed E-state index contributed by atoms with van der Waals surface area (Å²) in [5.41, 5.74) is 2.44. The Balaban J connectivity index is 2.54. The van der Waals surface area contributed by atoms with Gasteiger partial charge in [-0.1, -0.05) is 17.7 Å². The highest BCUT2D eigenvalue weighted by Gasteiger charge is 2.25. The molecule has 0 saturated carbocycles. The van der Waals surface area contributed by atoms with Crippen molar-refractivity contribution in [1.29, 1.82) is 0 Å². The quantitative estimate of drug-likeness (QED) is 0.869. The fourth-order valence-corrected chi connectivity index (χ4v) is 3.94. The first-order chi connectivity index (χ1) is 9.73. The van der Waals surface area contributed by atoms with Crippen LogP contribution < -0.4 is 4.31 Å². The van der Waals surface area contributed by atoms with Gasteiger partial charge in [0.25, 0.3) is 10.0 Å². The number of anilines is 1. The second-order valence-corrected chi connectivity index (χ2v) is 7.08. The zero-order valence-corrected chi connectivity index (χ0v) is 13.3. The SMILES string of the molecule is Cc1ccc(N(C)S(=O)(=O)c2c(C)cc(F)cc2C)cc1. The van der Waals surface area contributed by atoms with Crippen LogP contribution in [0.1, 0.15) is 16.7 Å². The molecule has 0 fully saturated rings. The minimum atomic E-state index is -3.72. The van der Waals surface area contributed by atoms with Crippen LogP contribution in [-0.2, 0) is 10.0 Å². The molecule has 5 heteroatoms. The molecule has 2 rings (SSSR count). The highest BCUT2D eigenvalue weighted by molar-refractivity contribution is 7.92. The third-order valence-electron chi connectivity index (χ3n) is 3.44. The van der Waals surface area contributed by atoms with Gasteiger partial charge in [-0.25, -0.2) is 12.8 Å². The van der Waals surface area contributed by atoms with Gasteiger partial charge in [-0.15, -0.1) is 0 Å². The maximum absolute atomic E-state index is 13.4. The van der Waals surface area contributed by atoms with E-state index in [-0.39, 0.29) is 4.90 Å². The summed E-state index contributed by atoms with van der Waals surface area (Å²) in [6.45, 7) is 5.14. The van der Waals surface area contributed by atoms with Crippen molar-refractivity contribution in [1.82, 2.24) is 0 Å². The monoisotopic (exact) mass is 307 g/mol. The molecule has 21 heavy (non-hydrogen) atoms. The van der Waals surface area contributed by atoms with E-state index in [2.05, 4.69) is 0 Å². The summed E-state index contributed by atoms with van der Waals surface area (Å²) in [6, 6.07) is 9.69. The van der Waals surface area contributed by atoms with Crippen LogP contribution in [0.2, 0.25) is 0 Å². The van der Waals surface area contributed by atoms with Crippen molar-refractivity contribution in [3.05, 3.63) is 58.9 Å². The molecule has 2 aromatic rings. The van der Waals surface area contributed by atoms with Gasteiger partial charge in [0, 0.05) is 7.05 Å². The fraction of sp³-hybridized carbons (Fsp3) is 0.250. The number of aryl methyl sites for hydroxylation is 3. The number of benzene rings is 2. The molecule has 0 spiro atoms. The Morgan fingerprint density at radius 3 is 1.90 bits per heavy atom. The van der Waals surface area contributed by atoms with E-state index in [0.29, 0.717) is 16.8 Å². The van der Waals surface area contributed by atoms with Crippen LogP contribution in [0.3, 0.4) is 0 Å². The molecule has 0 bridgehead atoms. The van der Waals surface area contributed by atoms with Crippen molar-refractivity contribution in [3.8, 4) is 0 Å². The van der Waals surface area contributed by atoms with Crippen LogP contribution in [-0.4, -0.2) is 15.5 Å². The molecule has 112 valence electrons. The Morgan fingerprint density at radius 2 is 1.43 bits per heavy atom. The average Bonchev–Trinajstić information content (AvgIpc) is 2.37. The number of rotatable bonds is 3. The number of sulfonamides is 1. The Hall–Kier alpha value is -1.88. The van der Waals surface area contributed by atoms with E-state index < -0.39 is 15.8 Å². The summed E-state index contributed by atoms with van der Waals surface area (Å²) >= 11 is 0. The van der Waals surface area contributed by atoms with Crippen LogP contribution in [0.25, 0.3) is 0 Å². The van der Waals surface area contributed by atoms with E-state index in [1.165, 1.54) is 23.5 Å². The van der Waals surface area contributed by atoms with E-state index >= 15 is 0 Å². The molecule has 0 atom stereocenters. The standard InChI is InChI=1S/C16H18FNO2S/c1-11-5-7-15(8-6-11)18(4)21(19,20)16-12(2)9-14(17)10-13(16)3/h5-10H,1-4H3. The van der Waals surface area contributed by atoms with Crippen molar-refractivity contribution >= 4 is 15.7 Å². The third-order valence-corrected chi connectivity index (χ3v) is 5.53. The Kier molecular flexibility index (Phi) is 4.05. The number of hydrogen-bond acceptors (Lipinski definition) is 2. The highest BCUT2D eigenvalue weighted by atomic mass is 32.2. The lowest BCUT2D eigenvalue weighted by Crippen LogP contribution is -2.28. The molecule has 0 radical (unpaired) electrons. The van der Waals surface area contributed by atoms with E-state index in [1.54, 1.807) is 26.0 Å². The molecule has 0 N–H and O–H groups in total. The third kappa shape index (κ3) is 2.93. The second-order valence-electron chi connectivity index (χ2n) is 5.18. The summed E-state index contributed by atoms with van der Waals surface area (Å²) in [5, 5.41) is 0. The van der Waals surface area contributed by atoms with Gasteiger partial charge in [-0.2, -0.15) is 0 Å². The number of hydrogen-bond donors (Lipinski definition) is 0. The summed E-state index contributed by atoms with van der Waals surface area (Å²) in [4.78, 5) is 0.159. The van der Waals surface area contributed by atoms with Crippen LogP contribution in [0.5, 0.6) is 0 Å². The topological polar surface area (TPSA) is 37.4 Å². The maximum atomic E-state index is 13.4. The van der Waals surface area contributed by atoms with E-state index in [1.807, 2.05) is 19.1 Å². The normalized spacial score (nSPS) is 11.5. The van der Waals surface area contributed by atoms with Gasteiger partial charge in [0.1, 0.15) is 5.82 Å². The summed E-state index contributed by atoms with van der Waals surface area (Å²) in [6.07, 6.45) is 0. The van der Waals surface area contributed by atoms with E-state index in [4.69, 9.17) is 0 Å². The van der Waals surface area contributed by atoms with Gasteiger partial charge >= 0.3 is 0 Å². The second kappa shape index (κ2) is 5.48. The van der Waals surface area contributed by atoms with Crippen LogP contribution in [0.15, 0.2) is 41.3 Å². The van der Waals surface area contributed by atoms with Crippen LogP contribution in [0.4, 0.5) is 10.1 Å². The van der Waals surface area contributed by atoms with Crippen molar-refractivity contribution < 1.29 is 12.8 Å². The maximum Gasteiger partial charge on any atom is 0.264 e. The van der Waals surface area contributed by atoms with Crippen molar-refractivity contribution in [2.75, 3.05) is 11.4 Å². The molecule has 0 amide bonds. The zero-order chi connectivity index (χ0) is 15.8. The average molecular weight is 307 g/mol. The summed E-state index contributed by atoms with van der Waals surface area (Å²) in [7, 11) is -2.21. The van der Waals surface area contributed by atoms with Gasteiger partial charge in [-0.05, 0) is 56.2 Å². The molecule has 0 aliphatic heterocycles. The Labute approximate surface area is 125 Å². The van der Waals surface area contributed by atoms with Gasteiger partial charge in [0.15, 0.2) is 0 Å². The Morgan fingerprint density at radius 1 is 0.952 bits per heavy atom. The van der Waals surface area contributed by atoms with E-state index in [9.17, 15) is 12.8 Å². The van der Waals surface area contributed by atoms with Crippen molar-refractivity contribution in [3.63, 3.8) is 0 Å². The predicted molar refractivity (Wildman–Crippen MR) is 82.6 cm³/mol. The molecule has 0 aliphatic rings. The van der Waals surface area contributed by atoms with Gasteiger partial charge in [0.05, 0.1) is 10.6 Å².